The van der Waals surface area contributed by atoms with Crippen LogP contribution < -0.4 is 5.32 Å². The monoisotopic (exact) mass is 393 g/mol. The van der Waals surface area contributed by atoms with Crippen molar-refractivity contribution in [2.75, 3.05) is 6.54 Å². The molecule has 148 valence electrons. The number of benzene rings is 1. The fourth-order valence-corrected chi connectivity index (χ4v) is 5.14. The quantitative estimate of drug-likeness (QED) is 0.808. The Labute approximate surface area is 160 Å². The Bertz CT molecular complexity index is 922. The number of aryl methyl sites for hydroxylation is 1. The van der Waals surface area contributed by atoms with Crippen LogP contribution in [-0.4, -0.2) is 52.3 Å². The first-order chi connectivity index (χ1) is 12.8. The van der Waals surface area contributed by atoms with Crippen molar-refractivity contribution in [3.05, 3.63) is 18.2 Å². The average Bonchev–Trinajstić information content (AvgIpc) is 3.04. The fraction of sp³-hybridized carbons (Fsp3) is 0.611. The summed E-state index contributed by atoms with van der Waals surface area (Å²) in [6.45, 7) is 6.86. The summed E-state index contributed by atoms with van der Waals surface area (Å²) in [5, 5.41) is 11.0. The smallest absolute Gasteiger partial charge is 0.243 e. The molecule has 0 radical (unpaired) electrons. The van der Waals surface area contributed by atoms with Crippen molar-refractivity contribution >= 4 is 27.0 Å². The van der Waals surface area contributed by atoms with Crippen molar-refractivity contribution in [2.24, 2.45) is 0 Å². The van der Waals surface area contributed by atoms with Crippen LogP contribution in [0.4, 0.5) is 0 Å². The summed E-state index contributed by atoms with van der Waals surface area (Å²) in [6, 6.07) is 4.17. The van der Waals surface area contributed by atoms with Crippen LogP contribution in [0, 0.1) is 0 Å². The van der Waals surface area contributed by atoms with Crippen LogP contribution in [-0.2, 0) is 21.4 Å². The molecule has 1 atom stereocenters. The van der Waals surface area contributed by atoms with E-state index in [4.69, 9.17) is 0 Å². The van der Waals surface area contributed by atoms with Crippen LogP contribution >= 0.6 is 0 Å². The van der Waals surface area contributed by atoms with Gasteiger partial charge < -0.3 is 5.32 Å². The van der Waals surface area contributed by atoms with Crippen molar-refractivity contribution in [3.8, 4) is 0 Å². The molecular formula is C18H27N5O3S. The minimum atomic E-state index is -3.79. The Morgan fingerprint density at radius 2 is 2.11 bits per heavy atom. The maximum atomic E-state index is 13.3. The second-order valence-electron chi connectivity index (χ2n) is 7.25. The normalized spacial score (nSPS) is 18.9. The van der Waals surface area contributed by atoms with Gasteiger partial charge in [-0.2, -0.15) is 4.31 Å². The summed E-state index contributed by atoms with van der Waals surface area (Å²) in [7, 11) is -3.79. The van der Waals surface area contributed by atoms with Crippen LogP contribution in [0.3, 0.4) is 0 Å². The Balaban J connectivity index is 1.93. The lowest BCUT2D eigenvalue weighted by Crippen LogP contribution is -2.52. The van der Waals surface area contributed by atoms with Crippen LogP contribution in [0.25, 0.3) is 11.0 Å². The van der Waals surface area contributed by atoms with E-state index < -0.39 is 16.1 Å². The number of hydrogen-bond acceptors (Lipinski definition) is 5. The second-order valence-corrected chi connectivity index (χ2v) is 9.14. The van der Waals surface area contributed by atoms with Gasteiger partial charge in [-0.05, 0) is 51.3 Å². The highest BCUT2D eigenvalue weighted by atomic mass is 32.2. The van der Waals surface area contributed by atoms with Gasteiger partial charge in [-0.3, -0.25) is 4.79 Å². The fourth-order valence-electron chi connectivity index (χ4n) is 3.46. The van der Waals surface area contributed by atoms with E-state index in [0.717, 1.165) is 31.3 Å². The summed E-state index contributed by atoms with van der Waals surface area (Å²) in [5.74, 6) is -0.233. The molecule has 1 amide bonds. The van der Waals surface area contributed by atoms with Gasteiger partial charge in [0, 0.05) is 19.1 Å². The molecule has 1 unspecified atom stereocenters. The second kappa shape index (κ2) is 7.93. The maximum Gasteiger partial charge on any atom is 0.243 e. The summed E-state index contributed by atoms with van der Waals surface area (Å²) in [6.07, 6.45) is 3.04. The van der Waals surface area contributed by atoms with Gasteiger partial charge in [0.2, 0.25) is 15.9 Å². The number of sulfonamides is 1. The Kier molecular flexibility index (Phi) is 5.81. The molecule has 0 spiro atoms. The van der Waals surface area contributed by atoms with Crippen molar-refractivity contribution < 1.29 is 13.2 Å². The van der Waals surface area contributed by atoms with Crippen molar-refractivity contribution in [2.45, 2.75) is 70.0 Å². The zero-order valence-corrected chi connectivity index (χ0v) is 16.9. The molecule has 3 rings (SSSR count). The van der Waals surface area contributed by atoms with Crippen molar-refractivity contribution in [1.82, 2.24) is 24.6 Å². The van der Waals surface area contributed by atoms with Gasteiger partial charge in [0.15, 0.2) is 0 Å². The van der Waals surface area contributed by atoms with Crippen molar-refractivity contribution in [3.63, 3.8) is 0 Å². The first kappa shape index (κ1) is 19.8. The highest BCUT2D eigenvalue weighted by Crippen LogP contribution is 2.27. The molecule has 1 saturated heterocycles. The summed E-state index contributed by atoms with van der Waals surface area (Å²) in [5.41, 5.74) is 1.35. The maximum absolute atomic E-state index is 13.3. The minimum Gasteiger partial charge on any atom is -0.353 e. The topological polar surface area (TPSA) is 97.2 Å². The molecule has 1 aliphatic rings. The predicted molar refractivity (Wildman–Crippen MR) is 103 cm³/mol. The SMILES string of the molecule is CCCn1nnc2cc(S(=O)(=O)N3CCCCC3C(=O)NC(C)C)ccc21. The Morgan fingerprint density at radius 3 is 2.81 bits per heavy atom. The molecule has 9 heteroatoms. The van der Waals surface area contributed by atoms with Crippen molar-refractivity contribution in [1.29, 1.82) is 0 Å². The highest BCUT2D eigenvalue weighted by Gasteiger charge is 2.37. The summed E-state index contributed by atoms with van der Waals surface area (Å²) < 4.78 is 29.6. The van der Waals surface area contributed by atoms with Gasteiger partial charge in [-0.15, -0.1) is 5.10 Å². The molecule has 8 nitrogen and oxygen atoms in total. The Hall–Kier alpha value is -2.00. The molecule has 1 aromatic carbocycles. The molecule has 1 N–H and O–H groups in total. The number of piperidine rings is 1. The molecule has 0 aliphatic carbocycles. The van der Waals surface area contributed by atoms with Crippen LogP contribution in [0.5, 0.6) is 0 Å². The van der Waals surface area contributed by atoms with Crippen LogP contribution in [0.1, 0.15) is 46.5 Å². The Morgan fingerprint density at radius 1 is 1.33 bits per heavy atom. The largest absolute Gasteiger partial charge is 0.353 e. The first-order valence-corrected chi connectivity index (χ1v) is 10.9. The highest BCUT2D eigenvalue weighted by molar-refractivity contribution is 7.89. The lowest BCUT2D eigenvalue weighted by Gasteiger charge is -2.34. The molecule has 1 aromatic heterocycles. The van der Waals surface area contributed by atoms with E-state index in [2.05, 4.69) is 15.6 Å². The number of aromatic nitrogens is 3. The molecule has 27 heavy (non-hydrogen) atoms. The van der Waals surface area contributed by atoms with Gasteiger partial charge in [0.25, 0.3) is 0 Å². The predicted octanol–water partition coefficient (Wildman–Crippen LogP) is 1.91. The van der Waals surface area contributed by atoms with Gasteiger partial charge in [-0.25, -0.2) is 13.1 Å². The number of carbonyl (C=O) groups excluding carboxylic acids is 1. The van der Waals surface area contributed by atoms with Crippen LogP contribution in [0.15, 0.2) is 23.1 Å². The number of carbonyl (C=O) groups is 1. The number of rotatable bonds is 6. The molecule has 2 aromatic rings. The lowest BCUT2D eigenvalue weighted by molar-refractivity contribution is -0.126. The number of fused-ring (bicyclic) bond motifs is 1. The number of amides is 1. The van der Waals surface area contributed by atoms with E-state index in [0.29, 0.717) is 18.5 Å². The average molecular weight is 394 g/mol. The van der Waals surface area contributed by atoms with E-state index >= 15 is 0 Å². The first-order valence-electron chi connectivity index (χ1n) is 9.50. The van der Waals surface area contributed by atoms with E-state index in [9.17, 15) is 13.2 Å². The van der Waals surface area contributed by atoms with Crippen LogP contribution in [0.2, 0.25) is 0 Å². The van der Waals surface area contributed by atoms with E-state index in [1.165, 1.54) is 4.31 Å². The molecule has 1 aliphatic heterocycles. The zero-order valence-electron chi connectivity index (χ0n) is 16.1. The van der Waals surface area contributed by atoms with Gasteiger partial charge in [0.1, 0.15) is 11.6 Å². The molecule has 1 fully saturated rings. The minimum absolute atomic E-state index is 0.0334. The van der Waals surface area contributed by atoms with E-state index in [1.807, 2.05) is 20.8 Å². The number of nitrogens with zero attached hydrogens (tertiary/aromatic N) is 4. The van der Waals surface area contributed by atoms with E-state index in [-0.39, 0.29) is 16.8 Å². The molecular weight excluding hydrogens is 366 g/mol. The molecule has 0 bridgehead atoms. The zero-order chi connectivity index (χ0) is 19.6. The molecule has 2 heterocycles. The summed E-state index contributed by atoms with van der Waals surface area (Å²) >= 11 is 0. The van der Waals surface area contributed by atoms with Gasteiger partial charge >= 0.3 is 0 Å². The van der Waals surface area contributed by atoms with Gasteiger partial charge in [-0.1, -0.05) is 18.6 Å². The summed E-state index contributed by atoms with van der Waals surface area (Å²) in [4.78, 5) is 12.7. The molecule has 0 saturated carbocycles. The third kappa shape index (κ3) is 3.98. The number of nitrogens with one attached hydrogen (secondary N) is 1. The lowest BCUT2D eigenvalue weighted by atomic mass is 10.0. The standard InChI is InChI=1S/C18H27N5O3S/c1-4-10-22-16-9-8-14(12-15(16)20-21-22)27(25,26)23-11-6-5-7-17(23)18(24)19-13(2)3/h8-9,12-13,17H,4-7,10-11H2,1-3H3,(H,19,24). The third-order valence-corrected chi connectivity index (χ3v) is 6.62. The van der Waals surface area contributed by atoms with Gasteiger partial charge in [0.05, 0.1) is 10.4 Å². The van der Waals surface area contributed by atoms with E-state index in [1.54, 1.807) is 22.9 Å². The third-order valence-electron chi connectivity index (χ3n) is 4.71. The number of hydrogen-bond donors (Lipinski definition) is 1.